The number of hydrogen-bond donors (Lipinski definition) is 0. The number of halogens is 1. The topological polar surface area (TPSA) is 26.3 Å². The van der Waals surface area contributed by atoms with Crippen molar-refractivity contribution in [1.29, 1.82) is 0 Å². The van der Waals surface area contributed by atoms with Gasteiger partial charge in [-0.25, -0.2) is 4.79 Å². The molecule has 0 atom stereocenters. The Labute approximate surface area is 82.5 Å². The third-order valence-corrected chi connectivity index (χ3v) is 2.01. The second kappa shape index (κ2) is 4.28. The van der Waals surface area contributed by atoms with Crippen LogP contribution in [0.25, 0.3) is 0 Å². The van der Waals surface area contributed by atoms with Gasteiger partial charge in [-0.05, 0) is 30.2 Å². The predicted molar refractivity (Wildman–Crippen MR) is 52.2 cm³/mol. The Bertz CT molecular complexity index is 321. The molecule has 0 amide bonds. The minimum absolute atomic E-state index is 0.350. The Morgan fingerprint density at radius 2 is 2.15 bits per heavy atom. The molecule has 0 saturated carbocycles. The van der Waals surface area contributed by atoms with Crippen LogP contribution < -0.4 is 0 Å². The van der Waals surface area contributed by atoms with E-state index >= 15 is 0 Å². The zero-order valence-electron chi connectivity index (χ0n) is 7.63. The van der Waals surface area contributed by atoms with Crippen molar-refractivity contribution in [1.82, 2.24) is 0 Å². The van der Waals surface area contributed by atoms with E-state index in [2.05, 4.69) is 4.74 Å². The van der Waals surface area contributed by atoms with E-state index in [9.17, 15) is 4.79 Å². The number of methoxy groups -OCH3 is 1. The van der Waals surface area contributed by atoms with Gasteiger partial charge in [-0.3, -0.25) is 0 Å². The minimum Gasteiger partial charge on any atom is -0.465 e. The third-order valence-electron chi connectivity index (χ3n) is 1.79. The van der Waals surface area contributed by atoms with Crippen LogP contribution in [-0.4, -0.2) is 13.1 Å². The lowest BCUT2D eigenvalue weighted by Gasteiger charge is -2.02. The van der Waals surface area contributed by atoms with E-state index < -0.39 is 0 Å². The maximum Gasteiger partial charge on any atom is 0.337 e. The number of carbonyl (C=O) groups is 1. The third kappa shape index (κ3) is 2.46. The van der Waals surface area contributed by atoms with Crippen LogP contribution >= 0.6 is 11.6 Å². The lowest BCUT2D eigenvalue weighted by molar-refractivity contribution is 0.0600. The Hall–Kier alpha value is -1.02. The summed E-state index contributed by atoms with van der Waals surface area (Å²) in [6.45, 7) is 2.01. The first-order valence-corrected chi connectivity index (χ1v) is 4.43. The zero-order chi connectivity index (χ0) is 9.84. The van der Waals surface area contributed by atoms with Crippen LogP contribution in [0.1, 0.15) is 22.8 Å². The van der Waals surface area contributed by atoms with Crippen molar-refractivity contribution >= 4 is 17.6 Å². The number of hydrogen-bond acceptors (Lipinski definition) is 2. The van der Waals surface area contributed by atoms with Crippen LogP contribution in [0.15, 0.2) is 18.2 Å². The molecule has 0 aromatic heterocycles. The number of rotatable bonds is 2. The molecule has 0 radical (unpaired) electrons. The van der Waals surface area contributed by atoms with Gasteiger partial charge in [0, 0.05) is 5.02 Å². The second-order valence-electron chi connectivity index (χ2n) is 2.69. The van der Waals surface area contributed by atoms with Crippen molar-refractivity contribution < 1.29 is 9.53 Å². The second-order valence-corrected chi connectivity index (χ2v) is 3.13. The maximum atomic E-state index is 11.2. The molecule has 13 heavy (non-hydrogen) atoms. The van der Waals surface area contributed by atoms with E-state index in [1.807, 2.05) is 13.0 Å². The molecule has 0 heterocycles. The fourth-order valence-electron chi connectivity index (χ4n) is 1.09. The summed E-state index contributed by atoms with van der Waals surface area (Å²) in [7, 11) is 1.36. The van der Waals surface area contributed by atoms with Crippen molar-refractivity contribution in [3.63, 3.8) is 0 Å². The summed E-state index contributed by atoms with van der Waals surface area (Å²) in [5.41, 5.74) is 1.54. The van der Waals surface area contributed by atoms with Gasteiger partial charge in [0.05, 0.1) is 12.7 Å². The van der Waals surface area contributed by atoms with Crippen LogP contribution in [-0.2, 0) is 11.2 Å². The van der Waals surface area contributed by atoms with Crippen LogP contribution in [0.4, 0.5) is 0 Å². The summed E-state index contributed by atoms with van der Waals surface area (Å²) in [4.78, 5) is 11.2. The molecule has 1 aromatic rings. The normalized spacial score (nSPS) is 9.77. The maximum absolute atomic E-state index is 11.2. The summed E-state index contributed by atoms with van der Waals surface area (Å²) < 4.78 is 4.59. The van der Waals surface area contributed by atoms with Gasteiger partial charge < -0.3 is 4.74 Å². The van der Waals surface area contributed by atoms with Gasteiger partial charge in [-0.15, -0.1) is 0 Å². The Morgan fingerprint density at radius 1 is 1.46 bits per heavy atom. The first-order chi connectivity index (χ1) is 6.17. The molecule has 3 heteroatoms. The molecule has 2 nitrogen and oxygen atoms in total. The average Bonchev–Trinajstić information content (AvgIpc) is 2.15. The highest BCUT2D eigenvalue weighted by Crippen LogP contribution is 2.16. The van der Waals surface area contributed by atoms with E-state index in [1.54, 1.807) is 12.1 Å². The first kappa shape index (κ1) is 10.1. The highest BCUT2D eigenvalue weighted by atomic mass is 35.5. The average molecular weight is 199 g/mol. The summed E-state index contributed by atoms with van der Waals surface area (Å²) in [5.74, 6) is -0.350. The zero-order valence-corrected chi connectivity index (χ0v) is 8.39. The molecule has 0 spiro atoms. The fraction of sp³-hybridized carbons (Fsp3) is 0.300. The molecule has 0 aliphatic carbocycles. The summed E-state index contributed by atoms with van der Waals surface area (Å²) >= 11 is 5.82. The van der Waals surface area contributed by atoms with Gasteiger partial charge >= 0.3 is 5.97 Å². The van der Waals surface area contributed by atoms with Gasteiger partial charge in [0.15, 0.2) is 0 Å². The Balaban J connectivity index is 3.08. The van der Waals surface area contributed by atoms with E-state index in [0.29, 0.717) is 10.6 Å². The van der Waals surface area contributed by atoms with Crippen LogP contribution in [0.5, 0.6) is 0 Å². The number of carbonyl (C=O) groups excluding carboxylic acids is 1. The van der Waals surface area contributed by atoms with Crippen molar-refractivity contribution in [2.45, 2.75) is 13.3 Å². The predicted octanol–water partition coefficient (Wildman–Crippen LogP) is 2.69. The fourth-order valence-corrected chi connectivity index (χ4v) is 1.35. The van der Waals surface area contributed by atoms with Gasteiger partial charge in [-0.1, -0.05) is 18.5 Å². The van der Waals surface area contributed by atoms with E-state index in [1.165, 1.54) is 7.11 Å². The monoisotopic (exact) mass is 198 g/mol. The van der Waals surface area contributed by atoms with Crippen molar-refractivity contribution in [2.75, 3.05) is 7.11 Å². The molecule has 0 fully saturated rings. The lowest BCUT2D eigenvalue weighted by Crippen LogP contribution is -2.01. The molecule has 0 aliphatic rings. The lowest BCUT2D eigenvalue weighted by atomic mass is 10.1. The molecule has 1 aromatic carbocycles. The van der Waals surface area contributed by atoms with Gasteiger partial charge in [0.1, 0.15) is 0 Å². The van der Waals surface area contributed by atoms with Crippen LogP contribution in [0.3, 0.4) is 0 Å². The molecule has 0 N–H and O–H groups in total. The van der Waals surface area contributed by atoms with E-state index in [4.69, 9.17) is 11.6 Å². The molecule has 1 rings (SSSR count). The van der Waals surface area contributed by atoms with Crippen molar-refractivity contribution in [2.24, 2.45) is 0 Å². The van der Waals surface area contributed by atoms with Gasteiger partial charge in [0.25, 0.3) is 0 Å². The van der Waals surface area contributed by atoms with E-state index in [0.717, 1.165) is 12.0 Å². The summed E-state index contributed by atoms with van der Waals surface area (Å²) in [5, 5.41) is 0.569. The largest absolute Gasteiger partial charge is 0.465 e. The minimum atomic E-state index is -0.350. The summed E-state index contributed by atoms with van der Waals surface area (Å²) in [6, 6.07) is 5.23. The van der Waals surface area contributed by atoms with Gasteiger partial charge in [-0.2, -0.15) is 0 Å². The number of esters is 1. The molecular weight excluding hydrogens is 188 g/mol. The quantitative estimate of drug-likeness (QED) is 0.683. The van der Waals surface area contributed by atoms with Crippen molar-refractivity contribution in [3.8, 4) is 0 Å². The molecular formula is C10H11ClO2. The summed E-state index contributed by atoms with van der Waals surface area (Å²) in [6.07, 6.45) is 0.852. The highest BCUT2D eigenvalue weighted by Gasteiger charge is 2.06. The van der Waals surface area contributed by atoms with Gasteiger partial charge in [0.2, 0.25) is 0 Å². The number of ether oxygens (including phenoxy) is 1. The highest BCUT2D eigenvalue weighted by molar-refractivity contribution is 6.31. The van der Waals surface area contributed by atoms with Crippen molar-refractivity contribution in [3.05, 3.63) is 34.3 Å². The molecule has 0 aliphatic heterocycles. The van der Waals surface area contributed by atoms with E-state index in [-0.39, 0.29) is 5.97 Å². The molecule has 0 saturated heterocycles. The standard InChI is InChI=1S/C10H11ClO2/c1-3-7-4-8(10(12)13-2)6-9(11)5-7/h4-6H,3H2,1-2H3. The smallest absolute Gasteiger partial charge is 0.337 e. The van der Waals surface area contributed by atoms with Crippen LogP contribution in [0, 0.1) is 0 Å². The molecule has 70 valence electrons. The Kier molecular flexibility index (Phi) is 3.32. The first-order valence-electron chi connectivity index (χ1n) is 4.05. The number of benzene rings is 1. The van der Waals surface area contributed by atoms with Crippen LogP contribution in [0.2, 0.25) is 5.02 Å². The molecule has 0 bridgehead atoms. The molecule has 0 unspecified atom stereocenters. The number of aryl methyl sites for hydroxylation is 1. The SMILES string of the molecule is CCc1cc(Cl)cc(C(=O)OC)c1. The Morgan fingerprint density at radius 3 is 2.69 bits per heavy atom.